The summed E-state index contributed by atoms with van der Waals surface area (Å²) in [5.74, 6) is 0.559. The van der Waals surface area contributed by atoms with E-state index < -0.39 is 34.4 Å². The van der Waals surface area contributed by atoms with E-state index in [1.807, 2.05) is 0 Å². The van der Waals surface area contributed by atoms with Crippen LogP contribution in [-0.4, -0.2) is 58.0 Å². The van der Waals surface area contributed by atoms with Crippen molar-refractivity contribution in [3.05, 3.63) is 47.5 Å². The highest BCUT2D eigenvalue weighted by molar-refractivity contribution is 8.24. The molecule has 3 aliphatic heterocycles. The number of rotatable bonds is 6. The van der Waals surface area contributed by atoms with Gasteiger partial charge in [0.15, 0.2) is 17.6 Å². The Morgan fingerprint density at radius 1 is 1.00 bits per heavy atom. The van der Waals surface area contributed by atoms with Crippen molar-refractivity contribution < 1.29 is 46.4 Å². The number of amides is 2. The Morgan fingerprint density at radius 2 is 1.73 bits per heavy atom. The van der Waals surface area contributed by atoms with Crippen molar-refractivity contribution >= 4 is 22.4 Å². The first kappa shape index (κ1) is 26.9. The van der Waals surface area contributed by atoms with Crippen LogP contribution >= 0.6 is 10.6 Å². The zero-order chi connectivity index (χ0) is 28.3. The van der Waals surface area contributed by atoms with E-state index in [0.717, 1.165) is 0 Å². The van der Waals surface area contributed by atoms with Gasteiger partial charge in [-0.1, -0.05) is 6.07 Å². The lowest BCUT2D eigenvalue weighted by molar-refractivity contribution is -0.286. The highest BCUT2D eigenvalue weighted by atomic mass is 32.3. The van der Waals surface area contributed by atoms with E-state index in [1.165, 1.54) is 19.2 Å². The zero-order valence-electron chi connectivity index (χ0n) is 21.7. The number of hydrogen-bond donors (Lipinski definition) is 4. The Kier molecular flexibility index (Phi) is 6.50. The highest BCUT2D eigenvalue weighted by Crippen LogP contribution is 2.52. The lowest BCUT2D eigenvalue weighted by Gasteiger charge is -2.40. The van der Waals surface area contributed by atoms with E-state index in [1.54, 1.807) is 24.3 Å². The third kappa shape index (κ3) is 5.13. The first-order valence-corrected chi connectivity index (χ1v) is 15.0. The summed E-state index contributed by atoms with van der Waals surface area (Å²) in [6.45, 7) is 0. The minimum atomic E-state index is -3.75. The van der Waals surface area contributed by atoms with Crippen LogP contribution in [0.3, 0.4) is 0 Å². The number of ether oxygens (including phenoxy) is 4. The molecular weight excluding hydrogens is 550 g/mol. The van der Waals surface area contributed by atoms with Gasteiger partial charge in [0.25, 0.3) is 5.91 Å². The minimum absolute atomic E-state index is 0.0887. The monoisotopic (exact) mass is 580 g/mol. The minimum Gasteiger partial charge on any atom is -0.497 e. The maximum Gasteiger partial charge on any atom is 0.586 e. The van der Waals surface area contributed by atoms with Gasteiger partial charge >= 0.3 is 6.29 Å². The van der Waals surface area contributed by atoms with Gasteiger partial charge in [-0.25, -0.2) is 0 Å². The van der Waals surface area contributed by atoms with Crippen molar-refractivity contribution in [1.82, 2.24) is 10.6 Å². The van der Waals surface area contributed by atoms with E-state index in [9.17, 15) is 27.5 Å². The third-order valence-electron chi connectivity index (χ3n) is 7.98. The van der Waals surface area contributed by atoms with Crippen molar-refractivity contribution in [3.8, 4) is 23.0 Å². The Hall–Kier alpha value is -3.29. The number of hydrogen-bond acceptors (Lipinski definition) is 8. The smallest absolute Gasteiger partial charge is 0.497 e. The average molecular weight is 581 g/mol. The molecule has 0 bridgehead atoms. The SMILES string of the molecule is COc1ccc2c(c1)O[C@@H](C(=O)NC1CCS(O)(O)CC1)C[C@H]2NC(=O)C1(c2ccc3c(c2)OC(F)(F)O3)CC1. The zero-order valence-corrected chi connectivity index (χ0v) is 22.5. The van der Waals surface area contributed by atoms with Gasteiger partial charge in [-0.2, -0.15) is 10.6 Å². The molecule has 4 N–H and O–H groups in total. The molecule has 1 saturated carbocycles. The van der Waals surface area contributed by atoms with Crippen LogP contribution in [0.5, 0.6) is 23.0 Å². The summed E-state index contributed by atoms with van der Waals surface area (Å²) >= 11 is 0. The largest absolute Gasteiger partial charge is 0.586 e. The lowest BCUT2D eigenvalue weighted by atomic mass is 9.91. The number of halogens is 2. The van der Waals surface area contributed by atoms with Crippen LogP contribution in [0.2, 0.25) is 0 Å². The fourth-order valence-corrected chi connectivity index (χ4v) is 7.06. The van der Waals surface area contributed by atoms with Gasteiger partial charge in [0.2, 0.25) is 5.91 Å². The van der Waals surface area contributed by atoms with Crippen molar-refractivity contribution in [2.45, 2.75) is 62.0 Å². The first-order valence-electron chi connectivity index (χ1n) is 13.1. The molecule has 2 atom stereocenters. The van der Waals surface area contributed by atoms with Gasteiger partial charge in [0.1, 0.15) is 11.5 Å². The lowest BCUT2D eigenvalue weighted by Crippen LogP contribution is -2.49. The second kappa shape index (κ2) is 9.67. The third-order valence-corrected chi connectivity index (χ3v) is 9.76. The fourth-order valence-electron chi connectivity index (χ4n) is 5.53. The highest BCUT2D eigenvalue weighted by Gasteiger charge is 2.53. The van der Waals surface area contributed by atoms with Crippen LogP contribution in [0, 0.1) is 0 Å². The van der Waals surface area contributed by atoms with Gasteiger partial charge in [-0.15, -0.1) is 8.78 Å². The molecule has 10 nitrogen and oxygen atoms in total. The van der Waals surface area contributed by atoms with E-state index in [2.05, 4.69) is 20.1 Å². The molecular formula is C27H30F2N2O8S. The molecule has 0 spiro atoms. The predicted molar refractivity (Wildman–Crippen MR) is 140 cm³/mol. The van der Waals surface area contributed by atoms with Crippen molar-refractivity contribution in [2.24, 2.45) is 0 Å². The van der Waals surface area contributed by atoms with Gasteiger partial charge in [0, 0.05) is 35.6 Å². The van der Waals surface area contributed by atoms with Crippen molar-refractivity contribution in [2.75, 3.05) is 18.6 Å². The number of methoxy groups -OCH3 is 1. The quantitative estimate of drug-likeness (QED) is 0.402. The van der Waals surface area contributed by atoms with Gasteiger partial charge < -0.3 is 29.6 Å². The molecule has 2 aromatic carbocycles. The second-order valence-electron chi connectivity index (χ2n) is 10.7. The maximum absolute atomic E-state index is 13.7. The second-order valence-corrected chi connectivity index (χ2v) is 13.1. The average Bonchev–Trinajstić information content (AvgIpc) is 3.66. The summed E-state index contributed by atoms with van der Waals surface area (Å²) in [5, 5.41) is 6.03. The summed E-state index contributed by atoms with van der Waals surface area (Å²) in [5.41, 5.74) is 0.320. The molecule has 0 unspecified atom stereocenters. The van der Waals surface area contributed by atoms with Crippen LogP contribution in [0.4, 0.5) is 8.78 Å². The van der Waals surface area contributed by atoms with Crippen LogP contribution < -0.4 is 29.6 Å². The normalized spacial score (nSPS) is 26.0. The molecule has 2 aromatic rings. The molecule has 4 aliphatic rings. The van der Waals surface area contributed by atoms with Crippen LogP contribution in [0.15, 0.2) is 36.4 Å². The molecule has 2 amide bonds. The molecule has 2 fully saturated rings. The summed E-state index contributed by atoms with van der Waals surface area (Å²) < 4.78 is 67.2. The molecule has 1 aliphatic carbocycles. The summed E-state index contributed by atoms with van der Waals surface area (Å²) in [6.07, 6.45) is -2.53. The molecule has 3 heterocycles. The number of fused-ring (bicyclic) bond motifs is 2. The Balaban J connectivity index is 1.20. The summed E-state index contributed by atoms with van der Waals surface area (Å²) in [7, 11) is -1.07. The van der Waals surface area contributed by atoms with E-state index in [-0.39, 0.29) is 47.3 Å². The van der Waals surface area contributed by atoms with Gasteiger partial charge in [-0.3, -0.25) is 18.7 Å². The fraction of sp³-hybridized carbons (Fsp3) is 0.481. The number of carbonyl (C=O) groups excluding carboxylic acids is 2. The van der Waals surface area contributed by atoms with E-state index >= 15 is 0 Å². The standard InChI is InChI=1S/C27H30F2N2O8S/c1-36-17-3-4-18-19(14-23(37-21(18)13-17)24(32)30-16-6-10-40(34,35)11-7-16)31-25(33)26(8-9-26)15-2-5-20-22(12-15)39-27(28,29)38-20/h2-5,12-13,16,19,23,34-35H,6-11,14H2,1H3,(H,30,32)(H,31,33)/t19-,23-/m1/s1. The molecule has 40 heavy (non-hydrogen) atoms. The molecule has 216 valence electrons. The van der Waals surface area contributed by atoms with Crippen molar-refractivity contribution in [3.63, 3.8) is 0 Å². The topological polar surface area (TPSA) is 136 Å². The Bertz CT molecular complexity index is 1340. The predicted octanol–water partition coefficient (Wildman–Crippen LogP) is 4.09. The van der Waals surface area contributed by atoms with Gasteiger partial charge in [0.05, 0.1) is 18.6 Å². The van der Waals surface area contributed by atoms with Crippen LogP contribution in [0.1, 0.15) is 49.3 Å². The number of alkyl halides is 2. The molecule has 0 aromatic heterocycles. The molecule has 13 heteroatoms. The van der Waals surface area contributed by atoms with E-state index in [0.29, 0.717) is 48.3 Å². The summed E-state index contributed by atoms with van der Waals surface area (Å²) in [4.78, 5) is 26.9. The molecule has 6 rings (SSSR count). The molecule has 0 radical (unpaired) electrons. The number of carbonyl (C=O) groups is 2. The van der Waals surface area contributed by atoms with Crippen molar-refractivity contribution in [1.29, 1.82) is 0 Å². The first-order chi connectivity index (χ1) is 19.0. The van der Waals surface area contributed by atoms with Crippen LogP contribution in [-0.2, 0) is 15.0 Å². The van der Waals surface area contributed by atoms with E-state index in [4.69, 9.17) is 9.47 Å². The maximum atomic E-state index is 13.7. The molecule has 1 saturated heterocycles. The number of nitrogens with one attached hydrogen (secondary N) is 2. The summed E-state index contributed by atoms with van der Waals surface area (Å²) in [6, 6.07) is 8.80. The van der Waals surface area contributed by atoms with Crippen LogP contribution in [0.25, 0.3) is 0 Å². The Labute approximate surface area is 230 Å². The van der Waals surface area contributed by atoms with Gasteiger partial charge in [-0.05, 0) is 55.5 Å². The number of benzene rings is 2. The Morgan fingerprint density at radius 3 is 2.42 bits per heavy atom.